The van der Waals surface area contributed by atoms with E-state index >= 15 is 0 Å². The molecule has 0 spiro atoms. The average molecular weight is 730 g/mol. The zero-order valence-corrected chi connectivity index (χ0v) is 28.8. The average Bonchev–Trinajstić information content (AvgIpc) is 3.84. The summed E-state index contributed by atoms with van der Waals surface area (Å²) in [5.74, 6) is -1.64. The zero-order valence-electron chi connectivity index (χ0n) is 26.3. The lowest BCUT2D eigenvalue weighted by atomic mass is 9.80. The molecule has 0 bridgehead atoms. The predicted octanol–water partition coefficient (Wildman–Crippen LogP) is 4.24. The van der Waals surface area contributed by atoms with Gasteiger partial charge in [0.2, 0.25) is 5.60 Å². The molecular formula is C35H31N5O7S3. The van der Waals surface area contributed by atoms with Gasteiger partial charge in [-0.25, -0.2) is 9.78 Å². The lowest BCUT2D eigenvalue weighted by molar-refractivity contribution is -0.150. The lowest BCUT2D eigenvalue weighted by Gasteiger charge is -2.49. The van der Waals surface area contributed by atoms with Crippen molar-refractivity contribution in [3.05, 3.63) is 129 Å². The number of carboxylic acid groups (broad SMARTS) is 1. The van der Waals surface area contributed by atoms with Crippen LogP contribution in [0.1, 0.15) is 22.4 Å². The summed E-state index contributed by atoms with van der Waals surface area (Å²) in [6.45, 7) is 0.630. The molecule has 4 aromatic rings. The highest BCUT2D eigenvalue weighted by molar-refractivity contribution is 8.06. The molecule has 12 nitrogen and oxygen atoms in total. The highest BCUT2D eigenvalue weighted by Crippen LogP contribution is 2.44. The van der Waals surface area contributed by atoms with Crippen LogP contribution < -0.4 is 11.1 Å². The maximum Gasteiger partial charge on any atom is 0.353 e. The summed E-state index contributed by atoms with van der Waals surface area (Å²) in [6, 6.07) is 27.6. The van der Waals surface area contributed by atoms with Crippen LogP contribution in [0.15, 0.2) is 112 Å². The topological polar surface area (TPSA) is 166 Å². The third kappa shape index (κ3) is 6.50. The van der Waals surface area contributed by atoms with Crippen molar-refractivity contribution in [2.24, 2.45) is 5.16 Å². The van der Waals surface area contributed by atoms with Gasteiger partial charge < -0.3 is 30.5 Å². The van der Waals surface area contributed by atoms with E-state index in [1.54, 1.807) is 5.38 Å². The zero-order chi connectivity index (χ0) is 34.7. The molecule has 3 aromatic carbocycles. The summed E-state index contributed by atoms with van der Waals surface area (Å²) in [6.07, 6.45) is -0.159. The first-order valence-electron chi connectivity index (χ1n) is 15.5. The Morgan fingerprint density at radius 1 is 1.04 bits per heavy atom. The number of amides is 2. The molecule has 256 valence electrons. The molecular weight excluding hydrogens is 699 g/mol. The summed E-state index contributed by atoms with van der Waals surface area (Å²) in [4.78, 5) is 52.7. The summed E-state index contributed by atoms with van der Waals surface area (Å²) in [5.41, 5.74) is 6.85. The predicted molar refractivity (Wildman–Crippen MR) is 191 cm³/mol. The number of thioether (sulfide) groups is 2. The molecule has 3 aliphatic heterocycles. The quantitative estimate of drug-likeness (QED) is 0.0827. The number of carbonyl (C=O) groups is 3. The molecule has 1 aromatic heterocycles. The molecule has 3 aliphatic rings. The van der Waals surface area contributed by atoms with Crippen molar-refractivity contribution in [3.63, 3.8) is 0 Å². The van der Waals surface area contributed by atoms with E-state index in [4.69, 9.17) is 20.0 Å². The number of nitrogens with zero attached hydrogens (tertiary/aromatic N) is 3. The number of benzene rings is 3. The third-order valence-corrected chi connectivity index (χ3v) is 11.7. The number of hydrogen-bond donors (Lipinski definition) is 3. The molecule has 4 N–H and O–H groups in total. The van der Waals surface area contributed by atoms with Crippen LogP contribution in [-0.4, -0.2) is 80.9 Å². The molecule has 15 heteroatoms. The first-order valence-corrected chi connectivity index (χ1v) is 18.5. The van der Waals surface area contributed by atoms with Gasteiger partial charge in [-0.05, 0) is 0 Å². The SMILES string of the molecule is Nc1nc(/C(=N/OC(c2ccccc2)(c2ccccc2)c2ccccc2)C(=O)NC2C(=O)N3C(C(=O)O)=C(SCC4COCO4)CS[C@@H]23)cs1. The van der Waals surface area contributed by atoms with Crippen LogP contribution in [0.5, 0.6) is 0 Å². The van der Waals surface area contributed by atoms with Gasteiger partial charge in [-0.2, -0.15) is 0 Å². The summed E-state index contributed by atoms with van der Waals surface area (Å²) < 4.78 is 10.7. The van der Waals surface area contributed by atoms with Crippen LogP contribution in [0.2, 0.25) is 0 Å². The number of oxime groups is 1. The Morgan fingerprint density at radius 2 is 1.66 bits per heavy atom. The van der Waals surface area contributed by atoms with Crippen molar-refractivity contribution in [1.29, 1.82) is 0 Å². The minimum absolute atomic E-state index is 0.0870. The Hall–Kier alpha value is -4.67. The van der Waals surface area contributed by atoms with E-state index in [1.807, 2.05) is 91.0 Å². The van der Waals surface area contributed by atoms with E-state index in [0.29, 0.717) is 23.0 Å². The maximum atomic E-state index is 14.1. The number of aromatic nitrogens is 1. The standard InChI is InChI=1S/C35H31N5O7S3/c36-34-37-25(18-50-34)27(39-47-35(21-10-4-1-5-11-21,22-12-6-2-7-13-22)23-14-8-3-9-15-23)30(41)38-28-31(42)40-29(33(43)44)26(19-49-32(28)40)48-17-24-16-45-20-46-24/h1-15,18,24,28,32H,16-17,19-20H2,(H2,36,37)(H,38,41)(H,43,44)/b39-27-/t24?,28?,32-/m0/s1. The highest BCUT2D eigenvalue weighted by Gasteiger charge is 2.54. The van der Waals surface area contributed by atoms with Gasteiger partial charge in [0.25, 0.3) is 11.8 Å². The van der Waals surface area contributed by atoms with Gasteiger partial charge in [-0.3, -0.25) is 14.5 Å². The Balaban J connectivity index is 1.20. The Bertz CT molecular complexity index is 1840. The van der Waals surface area contributed by atoms with Crippen molar-refractivity contribution in [2.75, 3.05) is 30.6 Å². The Morgan fingerprint density at radius 3 is 2.18 bits per heavy atom. The van der Waals surface area contributed by atoms with Gasteiger partial charge in [0.15, 0.2) is 10.8 Å². The number of aliphatic carboxylic acids is 1. The number of nitrogen functional groups attached to an aromatic ring is 1. The minimum Gasteiger partial charge on any atom is -0.477 e. The Kier molecular flexibility index (Phi) is 9.92. The van der Waals surface area contributed by atoms with E-state index in [1.165, 1.54) is 28.4 Å². The second-order valence-corrected chi connectivity index (χ2v) is 14.5. The van der Waals surface area contributed by atoms with Crippen molar-refractivity contribution < 1.29 is 33.8 Å². The number of hydrogen-bond acceptors (Lipinski definition) is 12. The summed E-state index contributed by atoms with van der Waals surface area (Å²) in [7, 11) is 0. The molecule has 4 heterocycles. The van der Waals surface area contributed by atoms with Gasteiger partial charge in [0.05, 0.1) is 12.7 Å². The van der Waals surface area contributed by atoms with Gasteiger partial charge in [0, 0.05) is 38.5 Å². The van der Waals surface area contributed by atoms with Gasteiger partial charge in [-0.1, -0.05) is 96.2 Å². The van der Waals surface area contributed by atoms with Gasteiger partial charge >= 0.3 is 5.97 Å². The normalized spacial score (nSPS) is 20.6. The number of carboxylic acids is 1. The largest absolute Gasteiger partial charge is 0.477 e. The van der Waals surface area contributed by atoms with Crippen LogP contribution in [0, 0.1) is 0 Å². The van der Waals surface area contributed by atoms with Crippen molar-refractivity contribution in [2.45, 2.75) is 23.1 Å². The molecule has 2 saturated heterocycles. The van der Waals surface area contributed by atoms with E-state index in [2.05, 4.69) is 15.5 Å². The van der Waals surface area contributed by atoms with E-state index in [9.17, 15) is 19.5 Å². The second kappa shape index (κ2) is 14.7. The number of nitrogens with two attached hydrogens (primary N) is 1. The molecule has 2 unspecified atom stereocenters. The van der Waals surface area contributed by atoms with Crippen LogP contribution in [0.3, 0.4) is 0 Å². The maximum absolute atomic E-state index is 14.1. The molecule has 0 saturated carbocycles. The number of ether oxygens (including phenoxy) is 2. The summed E-state index contributed by atoms with van der Waals surface area (Å²) >= 11 is 3.83. The highest BCUT2D eigenvalue weighted by atomic mass is 32.2. The molecule has 7 rings (SSSR count). The van der Waals surface area contributed by atoms with Crippen molar-refractivity contribution >= 4 is 63.5 Å². The monoisotopic (exact) mass is 729 g/mol. The first-order chi connectivity index (χ1) is 24.4. The van der Waals surface area contributed by atoms with Crippen molar-refractivity contribution in [3.8, 4) is 0 Å². The van der Waals surface area contributed by atoms with Crippen molar-refractivity contribution in [1.82, 2.24) is 15.2 Å². The number of carbonyl (C=O) groups excluding carboxylic acids is 2. The van der Waals surface area contributed by atoms with Gasteiger partial charge in [-0.15, -0.1) is 34.9 Å². The molecule has 0 radical (unpaired) electrons. The lowest BCUT2D eigenvalue weighted by Crippen LogP contribution is -2.71. The molecule has 0 aliphatic carbocycles. The first kappa shape index (κ1) is 33.8. The second-order valence-electron chi connectivity index (χ2n) is 11.4. The van der Waals surface area contributed by atoms with Crippen LogP contribution >= 0.6 is 34.9 Å². The van der Waals surface area contributed by atoms with Crippen LogP contribution in [0.4, 0.5) is 5.13 Å². The fourth-order valence-electron chi connectivity index (χ4n) is 5.96. The number of rotatable bonds is 12. The molecule has 2 amide bonds. The van der Waals surface area contributed by atoms with E-state index in [0.717, 1.165) is 28.0 Å². The third-order valence-electron chi connectivity index (χ3n) is 8.35. The number of nitrogens with one attached hydrogen (secondary N) is 1. The summed E-state index contributed by atoms with van der Waals surface area (Å²) in [5, 5.41) is 18.6. The fourth-order valence-corrected chi connectivity index (χ4v) is 9.15. The number of thiazole rings is 1. The minimum atomic E-state index is -1.29. The van der Waals surface area contributed by atoms with Gasteiger partial charge in [0.1, 0.15) is 29.6 Å². The molecule has 50 heavy (non-hydrogen) atoms. The van der Waals surface area contributed by atoms with Crippen LogP contribution in [0.25, 0.3) is 0 Å². The number of anilines is 1. The molecule has 3 atom stereocenters. The fraction of sp³-hybridized carbons (Fsp3) is 0.229. The smallest absolute Gasteiger partial charge is 0.353 e. The number of fused-ring (bicyclic) bond motifs is 1. The molecule has 2 fully saturated rings. The number of β-lactam (4-membered cyclic amide) rings is 1. The van der Waals surface area contributed by atoms with Crippen LogP contribution in [-0.2, 0) is 34.3 Å². The van der Waals surface area contributed by atoms with E-state index < -0.39 is 34.8 Å². The Labute approximate surface area is 299 Å². The van der Waals surface area contributed by atoms with E-state index in [-0.39, 0.29) is 35.1 Å².